The van der Waals surface area contributed by atoms with Gasteiger partial charge in [0.15, 0.2) is 5.82 Å². The van der Waals surface area contributed by atoms with Gasteiger partial charge in [-0.3, -0.25) is 9.59 Å². The molecular weight excluding hydrogens is 273 g/mol. The van der Waals surface area contributed by atoms with Gasteiger partial charge in [0.1, 0.15) is 0 Å². The Hall–Kier alpha value is -3.20. The number of primary amides is 1. The highest BCUT2D eigenvalue weighted by Gasteiger charge is 2.15. The van der Waals surface area contributed by atoms with Crippen molar-refractivity contribution < 1.29 is 14.0 Å². The number of carbonyl (C=O) groups excluding carboxylic acids is 2. The summed E-state index contributed by atoms with van der Waals surface area (Å²) >= 11 is 0. The van der Waals surface area contributed by atoms with Gasteiger partial charge >= 0.3 is 0 Å². The number of amides is 2. The van der Waals surface area contributed by atoms with Gasteiger partial charge in [0, 0.05) is 5.56 Å². The number of nitriles is 1. The lowest BCUT2D eigenvalue weighted by atomic mass is 10.1. The third-order valence-corrected chi connectivity index (χ3v) is 2.77. The van der Waals surface area contributed by atoms with Crippen molar-refractivity contribution in [3.8, 4) is 6.07 Å². The van der Waals surface area contributed by atoms with Crippen LogP contribution in [-0.2, 0) is 0 Å². The van der Waals surface area contributed by atoms with Crippen LogP contribution in [0.15, 0.2) is 42.5 Å². The topological polar surface area (TPSA) is 96.0 Å². The molecule has 2 rings (SSSR count). The van der Waals surface area contributed by atoms with Crippen molar-refractivity contribution in [3.63, 3.8) is 0 Å². The van der Waals surface area contributed by atoms with Gasteiger partial charge in [-0.2, -0.15) is 5.26 Å². The lowest BCUT2D eigenvalue weighted by molar-refractivity contribution is 0.0992. The molecule has 104 valence electrons. The minimum atomic E-state index is -0.921. The van der Waals surface area contributed by atoms with E-state index in [9.17, 15) is 14.0 Å². The van der Waals surface area contributed by atoms with Crippen molar-refractivity contribution in [2.24, 2.45) is 5.73 Å². The molecule has 5 nitrogen and oxygen atoms in total. The van der Waals surface area contributed by atoms with E-state index < -0.39 is 17.6 Å². The van der Waals surface area contributed by atoms with Crippen molar-refractivity contribution in [2.45, 2.75) is 0 Å². The van der Waals surface area contributed by atoms with Gasteiger partial charge in [0.2, 0.25) is 0 Å². The summed E-state index contributed by atoms with van der Waals surface area (Å²) in [7, 11) is 0. The fourth-order valence-corrected chi connectivity index (χ4v) is 1.74. The van der Waals surface area contributed by atoms with Gasteiger partial charge in [-0.15, -0.1) is 0 Å². The minimum absolute atomic E-state index is 0.154. The van der Waals surface area contributed by atoms with Crippen LogP contribution < -0.4 is 11.1 Å². The molecule has 0 aliphatic heterocycles. The first kappa shape index (κ1) is 14.2. The molecule has 21 heavy (non-hydrogen) atoms. The molecule has 0 aliphatic carbocycles. The van der Waals surface area contributed by atoms with Crippen LogP contribution in [0.2, 0.25) is 0 Å². The molecule has 2 amide bonds. The number of hydrogen-bond acceptors (Lipinski definition) is 3. The van der Waals surface area contributed by atoms with Crippen LogP contribution in [0.4, 0.5) is 10.1 Å². The average molecular weight is 283 g/mol. The van der Waals surface area contributed by atoms with Crippen molar-refractivity contribution in [1.29, 1.82) is 5.26 Å². The van der Waals surface area contributed by atoms with E-state index in [0.29, 0.717) is 5.56 Å². The molecule has 0 aromatic heterocycles. The van der Waals surface area contributed by atoms with Crippen molar-refractivity contribution in [1.82, 2.24) is 0 Å². The van der Waals surface area contributed by atoms with Crippen LogP contribution in [0.1, 0.15) is 26.3 Å². The van der Waals surface area contributed by atoms with Gasteiger partial charge in [0.05, 0.1) is 22.9 Å². The number of nitrogens with one attached hydrogen (secondary N) is 1. The highest BCUT2D eigenvalue weighted by molar-refractivity contribution is 6.05. The highest BCUT2D eigenvalue weighted by atomic mass is 19.1. The third-order valence-electron chi connectivity index (χ3n) is 2.77. The SMILES string of the molecule is N#Cc1cccc(C(=O)Nc2cccc(C(N)=O)c2F)c1. The zero-order valence-electron chi connectivity index (χ0n) is 10.8. The summed E-state index contributed by atoms with van der Waals surface area (Å²) in [6.45, 7) is 0. The van der Waals surface area contributed by atoms with Crippen LogP contribution in [0, 0.1) is 17.1 Å². The second-order valence-corrected chi connectivity index (χ2v) is 4.18. The Labute approximate surface area is 119 Å². The fraction of sp³-hybridized carbons (Fsp3) is 0. The highest BCUT2D eigenvalue weighted by Crippen LogP contribution is 2.18. The molecule has 0 spiro atoms. The summed E-state index contributed by atoms with van der Waals surface area (Å²) in [5, 5.41) is 11.1. The molecule has 0 unspecified atom stereocenters. The average Bonchev–Trinajstić information content (AvgIpc) is 2.49. The van der Waals surface area contributed by atoms with Crippen LogP contribution in [0.3, 0.4) is 0 Å². The van der Waals surface area contributed by atoms with Crippen molar-refractivity contribution in [2.75, 3.05) is 5.32 Å². The van der Waals surface area contributed by atoms with E-state index in [0.717, 1.165) is 0 Å². The molecule has 2 aromatic rings. The van der Waals surface area contributed by atoms with Crippen molar-refractivity contribution >= 4 is 17.5 Å². The summed E-state index contributed by atoms with van der Waals surface area (Å²) in [4.78, 5) is 23.1. The van der Waals surface area contributed by atoms with E-state index in [4.69, 9.17) is 11.0 Å². The molecule has 0 fully saturated rings. The lowest BCUT2D eigenvalue weighted by Gasteiger charge is -2.08. The summed E-state index contributed by atoms with van der Waals surface area (Å²) in [5.41, 5.74) is 5.10. The Kier molecular flexibility index (Phi) is 3.95. The number of anilines is 1. The predicted molar refractivity (Wildman–Crippen MR) is 74.0 cm³/mol. The van der Waals surface area contributed by atoms with E-state index in [-0.39, 0.29) is 16.8 Å². The molecular formula is C15H10FN3O2. The quantitative estimate of drug-likeness (QED) is 0.902. The Bertz CT molecular complexity index is 766. The van der Waals surface area contributed by atoms with E-state index in [1.165, 1.54) is 30.3 Å². The molecule has 0 saturated carbocycles. The second kappa shape index (κ2) is 5.84. The van der Waals surface area contributed by atoms with Gasteiger partial charge in [-0.1, -0.05) is 12.1 Å². The van der Waals surface area contributed by atoms with Crippen LogP contribution >= 0.6 is 0 Å². The molecule has 0 radical (unpaired) electrons. The van der Waals surface area contributed by atoms with E-state index in [1.54, 1.807) is 12.1 Å². The number of nitrogens with zero attached hydrogens (tertiary/aromatic N) is 1. The summed E-state index contributed by atoms with van der Waals surface area (Å²) in [6.07, 6.45) is 0. The normalized spacial score (nSPS) is 9.71. The van der Waals surface area contributed by atoms with Crippen LogP contribution in [-0.4, -0.2) is 11.8 Å². The number of carbonyl (C=O) groups is 2. The van der Waals surface area contributed by atoms with E-state index in [1.807, 2.05) is 6.07 Å². The monoisotopic (exact) mass is 283 g/mol. The number of hydrogen-bond donors (Lipinski definition) is 2. The zero-order chi connectivity index (χ0) is 15.4. The molecule has 0 atom stereocenters. The number of rotatable bonds is 3. The Morgan fingerprint density at radius 1 is 1.19 bits per heavy atom. The molecule has 0 saturated heterocycles. The fourth-order valence-electron chi connectivity index (χ4n) is 1.74. The standard InChI is InChI=1S/C15H10FN3O2/c16-13-11(14(18)20)5-2-6-12(13)19-15(21)10-4-1-3-9(7-10)8-17/h1-7H,(H2,18,20)(H,19,21). The molecule has 0 aliphatic rings. The predicted octanol–water partition coefficient (Wildman–Crippen LogP) is 2.05. The number of halogens is 1. The number of benzene rings is 2. The summed E-state index contributed by atoms with van der Waals surface area (Å²) in [6, 6.07) is 11.8. The van der Waals surface area contributed by atoms with Gasteiger partial charge < -0.3 is 11.1 Å². The Morgan fingerprint density at radius 2 is 1.90 bits per heavy atom. The van der Waals surface area contributed by atoms with Gasteiger partial charge in [0.25, 0.3) is 11.8 Å². The maximum Gasteiger partial charge on any atom is 0.255 e. The molecule has 6 heteroatoms. The molecule has 0 heterocycles. The van der Waals surface area contributed by atoms with Crippen LogP contribution in [0.25, 0.3) is 0 Å². The minimum Gasteiger partial charge on any atom is -0.366 e. The maximum absolute atomic E-state index is 14.0. The van der Waals surface area contributed by atoms with Gasteiger partial charge in [-0.05, 0) is 30.3 Å². The number of nitrogens with two attached hydrogens (primary N) is 1. The summed E-state index contributed by atoms with van der Waals surface area (Å²) in [5.74, 6) is -2.41. The first-order chi connectivity index (χ1) is 10.0. The third kappa shape index (κ3) is 3.04. The second-order valence-electron chi connectivity index (χ2n) is 4.18. The van der Waals surface area contributed by atoms with Crippen LogP contribution in [0.5, 0.6) is 0 Å². The Morgan fingerprint density at radius 3 is 2.57 bits per heavy atom. The van der Waals surface area contributed by atoms with Crippen molar-refractivity contribution in [3.05, 3.63) is 65.0 Å². The molecule has 2 aromatic carbocycles. The first-order valence-electron chi connectivity index (χ1n) is 5.92. The first-order valence-corrected chi connectivity index (χ1v) is 5.92. The largest absolute Gasteiger partial charge is 0.366 e. The lowest BCUT2D eigenvalue weighted by Crippen LogP contribution is -2.17. The Balaban J connectivity index is 2.30. The van der Waals surface area contributed by atoms with E-state index in [2.05, 4.69) is 5.32 Å². The maximum atomic E-state index is 14.0. The zero-order valence-corrected chi connectivity index (χ0v) is 10.8. The van der Waals surface area contributed by atoms with E-state index >= 15 is 0 Å². The smallest absolute Gasteiger partial charge is 0.255 e. The molecule has 0 bridgehead atoms. The van der Waals surface area contributed by atoms with Gasteiger partial charge in [-0.25, -0.2) is 4.39 Å². The summed E-state index contributed by atoms with van der Waals surface area (Å²) < 4.78 is 14.0. The molecule has 3 N–H and O–H groups in total.